The first-order chi connectivity index (χ1) is 10.8. The van der Waals surface area contributed by atoms with Crippen LogP contribution in [0.3, 0.4) is 0 Å². The van der Waals surface area contributed by atoms with Crippen LogP contribution in [0.4, 0.5) is 0 Å². The molecule has 1 aliphatic carbocycles. The number of ether oxygens (including phenoxy) is 1. The van der Waals surface area contributed by atoms with Crippen LogP contribution < -0.4 is 11.1 Å². The summed E-state index contributed by atoms with van der Waals surface area (Å²) in [6, 6.07) is 10.1. The van der Waals surface area contributed by atoms with E-state index in [0.717, 1.165) is 5.56 Å². The third-order valence-electron chi connectivity index (χ3n) is 4.40. The van der Waals surface area contributed by atoms with Crippen LogP contribution in [0, 0.1) is 5.92 Å². The van der Waals surface area contributed by atoms with Crippen LogP contribution in [0.1, 0.15) is 44.1 Å². The number of carbonyl (C=O) groups is 1. The van der Waals surface area contributed by atoms with E-state index < -0.39 is 0 Å². The van der Waals surface area contributed by atoms with E-state index in [1.807, 2.05) is 30.3 Å². The highest BCUT2D eigenvalue weighted by molar-refractivity contribution is 5.76. The Morgan fingerprint density at radius 1 is 1.23 bits per heavy atom. The van der Waals surface area contributed by atoms with E-state index >= 15 is 0 Å². The molecule has 0 heterocycles. The van der Waals surface area contributed by atoms with Crippen molar-refractivity contribution in [2.75, 3.05) is 13.2 Å². The van der Waals surface area contributed by atoms with Gasteiger partial charge in [0.05, 0.1) is 13.2 Å². The summed E-state index contributed by atoms with van der Waals surface area (Å²) >= 11 is 0. The standard InChI is InChI=1S/C18H28N2O2/c19-13-17(16-9-5-2-6-10-16)20-18(21)11-12-22-14-15-7-3-1-4-8-15/h1,3-4,7-8,16-17H,2,5-6,9-14,19H2,(H,20,21). The summed E-state index contributed by atoms with van der Waals surface area (Å²) in [5.74, 6) is 0.599. The minimum atomic E-state index is 0.0501. The lowest BCUT2D eigenvalue weighted by Gasteiger charge is -2.30. The van der Waals surface area contributed by atoms with Crippen molar-refractivity contribution in [3.63, 3.8) is 0 Å². The number of nitrogens with two attached hydrogens (primary N) is 1. The van der Waals surface area contributed by atoms with Crippen molar-refractivity contribution in [3.8, 4) is 0 Å². The first-order valence-electron chi connectivity index (χ1n) is 8.40. The van der Waals surface area contributed by atoms with Gasteiger partial charge in [0.25, 0.3) is 0 Å². The maximum atomic E-state index is 12.0. The Balaban J connectivity index is 1.63. The fourth-order valence-corrected chi connectivity index (χ4v) is 3.11. The van der Waals surface area contributed by atoms with Gasteiger partial charge in [-0.2, -0.15) is 0 Å². The molecule has 1 unspecified atom stereocenters. The predicted molar refractivity (Wildman–Crippen MR) is 88.3 cm³/mol. The zero-order valence-corrected chi connectivity index (χ0v) is 13.3. The Hall–Kier alpha value is -1.39. The Kier molecular flexibility index (Phi) is 7.40. The minimum absolute atomic E-state index is 0.0501. The fraction of sp³-hybridized carbons (Fsp3) is 0.611. The molecule has 4 nitrogen and oxygen atoms in total. The first kappa shape index (κ1) is 17.0. The summed E-state index contributed by atoms with van der Waals surface area (Å²) in [4.78, 5) is 12.0. The molecule has 1 saturated carbocycles. The third-order valence-corrected chi connectivity index (χ3v) is 4.40. The fourth-order valence-electron chi connectivity index (χ4n) is 3.11. The Bertz CT molecular complexity index is 430. The number of hydrogen-bond acceptors (Lipinski definition) is 3. The van der Waals surface area contributed by atoms with E-state index in [1.54, 1.807) is 0 Å². The maximum absolute atomic E-state index is 12.0. The lowest BCUT2D eigenvalue weighted by molar-refractivity contribution is -0.123. The van der Waals surface area contributed by atoms with Gasteiger partial charge in [0, 0.05) is 19.0 Å². The van der Waals surface area contributed by atoms with Gasteiger partial charge in [-0.05, 0) is 24.3 Å². The number of benzene rings is 1. The molecule has 1 atom stereocenters. The number of hydrogen-bond donors (Lipinski definition) is 2. The summed E-state index contributed by atoms with van der Waals surface area (Å²) < 4.78 is 5.56. The summed E-state index contributed by atoms with van der Waals surface area (Å²) in [7, 11) is 0. The second-order valence-electron chi connectivity index (χ2n) is 6.10. The quantitative estimate of drug-likeness (QED) is 0.726. The number of nitrogens with one attached hydrogen (secondary N) is 1. The van der Waals surface area contributed by atoms with Crippen LogP contribution in [0.15, 0.2) is 30.3 Å². The van der Waals surface area contributed by atoms with Crippen molar-refractivity contribution in [2.24, 2.45) is 11.7 Å². The van der Waals surface area contributed by atoms with Gasteiger partial charge in [-0.3, -0.25) is 4.79 Å². The van der Waals surface area contributed by atoms with Crippen LogP contribution in [0.5, 0.6) is 0 Å². The zero-order valence-electron chi connectivity index (χ0n) is 13.3. The molecule has 4 heteroatoms. The van der Waals surface area contributed by atoms with Crippen molar-refractivity contribution in [2.45, 2.75) is 51.2 Å². The van der Waals surface area contributed by atoms with Crippen LogP contribution in [-0.4, -0.2) is 25.1 Å². The molecule has 1 amide bonds. The average Bonchev–Trinajstić information content (AvgIpc) is 2.58. The maximum Gasteiger partial charge on any atom is 0.222 e. The first-order valence-corrected chi connectivity index (χ1v) is 8.40. The summed E-state index contributed by atoms with van der Waals surface area (Å²) in [5.41, 5.74) is 6.97. The molecule has 1 aromatic rings. The van der Waals surface area contributed by atoms with E-state index in [9.17, 15) is 4.79 Å². The summed E-state index contributed by atoms with van der Waals surface area (Å²) in [6.45, 7) is 1.53. The molecule has 1 aliphatic rings. The molecular weight excluding hydrogens is 276 g/mol. The molecule has 0 aromatic heterocycles. The van der Waals surface area contributed by atoms with Gasteiger partial charge in [-0.25, -0.2) is 0 Å². The molecule has 0 spiro atoms. The van der Waals surface area contributed by atoms with Gasteiger partial charge in [0.1, 0.15) is 0 Å². The number of carbonyl (C=O) groups excluding carboxylic acids is 1. The Morgan fingerprint density at radius 2 is 1.95 bits per heavy atom. The van der Waals surface area contributed by atoms with Gasteiger partial charge in [0.15, 0.2) is 0 Å². The van der Waals surface area contributed by atoms with Gasteiger partial charge in [-0.1, -0.05) is 49.6 Å². The zero-order chi connectivity index (χ0) is 15.6. The molecule has 0 radical (unpaired) electrons. The molecule has 1 aromatic carbocycles. The van der Waals surface area contributed by atoms with E-state index in [0.29, 0.717) is 32.1 Å². The average molecular weight is 304 g/mol. The van der Waals surface area contributed by atoms with Crippen LogP contribution in [0.25, 0.3) is 0 Å². The van der Waals surface area contributed by atoms with Crippen molar-refractivity contribution >= 4 is 5.91 Å². The monoisotopic (exact) mass is 304 g/mol. The van der Waals surface area contributed by atoms with Crippen molar-refractivity contribution in [1.29, 1.82) is 0 Å². The molecule has 122 valence electrons. The molecule has 3 N–H and O–H groups in total. The largest absolute Gasteiger partial charge is 0.376 e. The van der Waals surface area contributed by atoms with E-state index in [1.165, 1.54) is 32.1 Å². The van der Waals surface area contributed by atoms with Gasteiger partial charge in [0.2, 0.25) is 5.91 Å². The van der Waals surface area contributed by atoms with E-state index in [4.69, 9.17) is 10.5 Å². The lowest BCUT2D eigenvalue weighted by atomic mass is 9.84. The lowest BCUT2D eigenvalue weighted by Crippen LogP contribution is -2.46. The van der Waals surface area contributed by atoms with E-state index in [2.05, 4.69) is 5.32 Å². The molecule has 0 saturated heterocycles. The van der Waals surface area contributed by atoms with Gasteiger partial charge >= 0.3 is 0 Å². The van der Waals surface area contributed by atoms with Crippen molar-refractivity contribution in [3.05, 3.63) is 35.9 Å². The molecule has 0 aliphatic heterocycles. The normalized spacial score (nSPS) is 17.1. The Morgan fingerprint density at radius 3 is 2.64 bits per heavy atom. The molecular formula is C18H28N2O2. The van der Waals surface area contributed by atoms with Crippen LogP contribution in [0.2, 0.25) is 0 Å². The molecule has 0 bridgehead atoms. The molecule has 2 rings (SSSR count). The highest BCUT2D eigenvalue weighted by Crippen LogP contribution is 2.26. The molecule has 1 fully saturated rings. The van der Waals surface area contributed by atoms with Gasteiger partial charge < -0.3 is 15.8 Å². The van der Waals surface area contributed by atoms with E-state index in [-0.39, 0.29) is 11.9 Å². The van der Waals surface area contributed by atoms with Crippen LogP contribution >= 0.6 is 0 Å². The SMILES string of the molecule is NCC(NC(=O)CCOCc1ccccc1)C1CCCCC1. The predicted octanol–water partition coefficient (Wildman–Crippen LogP) is 2.62. The highest BCUT2D eigenvalue weighted by atomic mass is 16.5. The number of amides is 1. The van der Waals surface area contributed by atoms with Gasteiger partial charge in [-0.15, -0.1) is 0 Å². The highest BCUT2D eigenvalue weighted by Gasteiger charge is 2.23. The third kappa shape index (κ3) is 5.78. The summed E-state index contributed by atoms with van der Waals surface area (Å²) in [5, 5.41) is 3.09. The molecule has 22 heavy (non-hydrogen) atoms. The van der Waals surface area contributed by atoms with Crippen molar-refractivity contribution < 1.29 is 9.53 Å². The van der Waals surface area contributed by atoms with Crippen LogP contribution in [-0.2, 0) is 16.1 Å². The smallest absolute Gasteiger partial charge is 0.222 e. The summed E-state index contributed by atoms with van der Waals surface area (Å²) in [6.07, 6.45) is 6.61. The second kappa shape index (κ2) is 9.59. The second-order valence-corrected chi connectivity index (χ2v) is 6.10. The minimum Gasteiger partial charge on any atom is -0.376 e. The topological polar surface area (TPSA) is 64.3 Å². The number of rotatable bonds is 8. The van der Waals surface area contributed by atoms with Crippen molar-refractivity contribution in [1.82, 2.24) is 5.32 Å². The Labute approximate surface area is 133 Å².